The van der Waals surface area contributed by atoms with Crippen molar-refractivity contribution < 1.29 is 19.4 Å². The fraction of sp³-hybridized carbons (Fsp3) is 0.571. The van der Waals surface area contributed by atoms with Gasteiger partial charge in [-0.15, -0.1) is 0 Å². The molecule has 2 saturated heterocycles. The number of morpholine rings is 1. The molecule has 0 bridgehead atoms. The van der Waals surface area contributed by atoms with Gasteiger partial charge in [0, 0.05) is 43.6 Å². The number of nitrogens with one attached hydrogen (secondary N) is 1. The van der Waals surface area contributed by atoms with Crippen LogP contribution >= 0.6 is 0 Å². The number of aromatic amines is 1. The molecule has 2 aliphatic heterocycles. The first kappa shape index (κ1) is 19.2. The van der Waals surface area contributed by atoms with Crippen LogP contribution < -0.4 is 4.74 Å². The van der Waals surface area contributed by atoms with Gasteiger partial charge in [-0.3, -0.25) is 9.69 Å². The molecule has 28 heavy (non-hydrogen) atoms. The Morgan fingerprint density at radius 3 is 2.86 bits per heavy atom. The van der Waals surface area contributed by atoms with E-state index in [-0.39, 0.29) is 5.91 Å². The van der Waals surface area contributed by atoms with Gasteiger partial charge in [0.1, 0.15) is 11.4 Å². The molecule has 0 spiro atoms. The first-order chi connectivity index (χ1) is 13.6. The number of nitrogens with zero attached hydrogens (tertiary/aromatic N) is 2. The van der Waals surface area contributed by atoms with Gasteiger partial charge in [0.15, 0.2) is 0 Å². The molecule has 2 aliphatic rings. The molecule has 0 unspecified atom stereocenters. The summed E-state index contributed by atoms with van der Waals surface area (Å²) in [7, 11) is 1.63. The quantitative estimate of drug-likeness (QED) is 0.837. The van der Waals surface area contributed by atoms with Crippen LogP contribution in [0.2, 0.25) is 0 Å². The van der Waals surface area contributed by atoms with Gasteiger partial charge in [0.05, 0.1) is 25.9 Å². The van der Waals surface area contributed by atoms with Crippen LogP contribution in [0.4, 0.5) is 0 Å². The summed E-state index contributed by atoms with van der Waals surface area (Å²) in [5.74, 6) is 0.734. The van der Waals surface area contributed by atoms with Gasteiger partial charge < -0.3 is 24.5 Å². The van der Waals surface area contributed by atoms with Crippen molar-refractivity contribution in [2.45, 2.75) is 24.9 Å². The maximum Gasteiger partial charge on any atom is 0.270 e. The van der Waals surface area contributed by atoms with E-state index in [0.29, 0.717) is 38.2 Å². The average Bonchev–Trinajstić information content (AvgIpc) is 3.06. The molecule has 2 aromatic rings. The van der Waals surface area contributed by atoms with Crippen LogP contribution in [-0.4, -0.2) is 84.4 Å². The Hall–Kier alpha value is -2.09. The fourth-order valence-electron chi connectivity index (χ4n) is 4.31. The zero-order chi connectivity index (χ0) is 19.6. The smallest absolute Gasteiger partial charge is 0.270 e. The maximum atomic E-state index is 13.1. The van der Waals surface area contributed by atoms with E-state index in [1.54, 1.807) is 7.11 Å². The minimum atomic E-state index is -0.740. The number of aromatic nitrogens is 1. The van der Waals surface area contributed by atoms with Crippen molar-refractivity contribution in [2.24, 2.45) is 0 Å². The number of hydrogen-bond acceptors (Lipinski definition) is 5. The number of aliphatic hydroxyl groups is 1. The molecule has 7 heteroatoms. The van der Waals surface area contributed by atoms with E-state index in [9.17, 15) is 9.90 Å². The van der Waals surface area contributed by atoms with E-state index in [1.165, 1.54) is 0 Å². The molecule has 3 heterocycles. The number of β-amino-alcohol motifs (C(OH)–C–C–N with tert-alkyl or cyclic N) is 1. The van der Waals surface area contributed by atoms with Crippen LogP contribution in [0.5, 0.6) is 5.75 Å². The molecular weight excluding hydrogens is 358 g/mol. The van der Waals surface area contributed by atoms with Gasteiger partial charge in [-0.05, 0) is 37.5 Å². The topological polar surface area (TPSA) is 78.0 Å². The number of carbonyl (C=O) groups excluding carboxylic acids is 1. The lowest BCUT2D eigenvalue weighted by Gasteiger charge is -2.35. The number of fused-ring (bicyclic) bond motifs is 1. The predicted octanol–water partition coefficient (Wildman–Crippen LogP) is 1.87. The van der Waals surface area contributed by atoms with E-state index >= 15 is 0 Å². The number of methoxy groups -OCH3 is 1. The second-order valence-electron chi connectivity index (χ2n) is 7.86. The zero-order valence-corrected chi connectivity index (χ0v) is 16.4. The van der Waals surface area contributed by atoms with Crippen molar-refractivity contribution in [3.8, 4) is 5.75 Å². The summed E-state index contributed by atoms with van der Waals surface area (Å²) in [6.07, 6.45) is 2.12. The summed E-state index contributed by atoms with van der Waals surface area (Å²) >= 11 is 0. The van der Waals surface area contributed by atoms with E-state index in [0.717, 1.165) is 49.4 Å². The summed E-state index contributed by atoms with van der Waals surface area (Å²) in [5, 5.41) is 12.0. The van der Waals surface area contributed by atoms with Crippen LogP contribution in [0, 0.1) is 0 Å². The summed E-state index contributed by atoms with van der Waals surface area (Å²) < 4.78 is 10.8. The Kier molecular flexibility index (Phi) is 5.57. The molecule has 2 N–H and O–H groups in total. The molecule has 1 amide bonds. The van der Waals surface area contributed by atoms with Gasteiger partial charge in [-0.1, -0.05) is 6.07 Å². The summed E-state index contributed by atoms with van der Waals surface area (Å²) in [5.41, 5.74) is 0.718. The Labute approximate surface area is 165 Å². The van der Waals surface area contributed by atoms with Crippen LogP contribution in [0.3, 0.4) is 0 Å². The average molecular weight is 387 g/mol. The zero-order valence-electron chi connectivity index (χ0n) is 16.4. The predicted molar refractivity (Wildman–Crippen MR) is 107 cm³/mol. The van der Waals surface area contributed by atoms with Crippen molar-refractivity contribution in [2.75, 3.05) is 53.0 Å². The van der Waals surface area contributed by atoms with Crippen molar-refractivity contribution in [3.63, 3.8) is 0 Å². The Morgan fingerprint density at radius 1 is 1.25 bits per heavy atom. The van der Waals surface area contributed by atoms with Crippen molar-refractivity contribution >= 4 is 16.8 Å². The third-order valence-electron chi connectivity index (χ3n) is 5.90. The van der Waals surface area contributed by atoms with Gasteiger partial charge in [-0.2, -0.15) is 0 Å². The second-order valence-corrected chi connectivity index (χ2v) is 7.86. The molecule has 0 radical (unpaired) electrons. The highest BCUT2D eigenvalue weighted by Gasteiger charge is 2.34. The van der Waals surface area contributed by atoms with E-state index in [4.69, 9.17) is 9.47 Å². The number of carbonyl (C=O) groups is 1. The maximum absolute atomic E-state index is 13.1. The molecule has 152 valence electrons. The summed E-state index contributed by atoms with van der Waals surface area (Å²) in [6, 6.07) is 7.60. The lowest BCUT2D eigenvalue weighted by molar-refractivity contribution is -0.0389. The van der Waals surface area contributed by atoms with E-state index < -0.39 is 5.60 Å². The number of ether oxygens (including phenoxy) is 2. The Balaban J connectivity index is 1.44. The first-order valence-corrected chi connectivity index (χ1v) is 10.1. The number of hydrogen-bond donors (Lipinski definition) is 2. The molecule has 0 saturated carbocycles. The highest BCUT2D eigenvalue weighted by atomic mass is 16.5. The molecule has 2 fully saturated rings. The highest BCUT2D eigenvalue weighted by Crippen LogP contribution is 2.28. The molecule has 4 rings (SSSR count). The molecular formula is C21H29N3O4. The van der Waals surface area contributed by atoms with Crippen molar-refractivity contribution in [1.29, 1.82) is 0 Å². The monoisotopic (exact) mass is 387 g/mol. The Bertz CT molecular complexity index is 830. The van der Waals surface area contributed by atoms with Gasteiger partial charge >= 0.3 is 0 Å². The first-order valence-electron chi connectivity index (χ1n) is 10.1. The van der Waals surface area contributed by atoms with Crippen LogP contribution in [0.1, 0.15) is 29.8 Å². The van der Waals surface area contributed by atoms with Crippen LogP contribution in [0.15, 0.2) is 24.3 Å². The SMILES string of the molecule is COc1cccc2[nH]c(C(=O)N3CCC[C@](O)(CN4CCOCC4)CC3)cc12. The Morgan fingerprint density at radius 2 is 2.07 bits per heavy atom. The third kappa shape index (κ3) is 4.01. The number of benzene rings is 1. The lowest BCUT2D eigenvalue weighted by atomic mass is 9.94. The normalized spacial score (nSPS) is 24.3. The van der Waals surface area contributed by atoms with Crippen LogP contribution in [0.25, 0.3) is 10.9 Å². The third-order valence-corrected chi connectivity index (χ3v) is 5.90. The van der Waals surface area contributed by atoms with E-state index in [1.807, 2.05) is 29.2 Å². The molecule has 7 nitrogen and oxygen atoms in total. The molecule has 0 aliphatic carbocycles. The number of amides is 1. The minimum absolute atomic E-state index is 0.0196. The minimum Gasteiger partial charge on any atom is -0.496 e. The van der Waals surface area contributed by atoms with Gasteiger partial charge in [-0.25, -0.2) is 0 Å². The fourth-order valence-corrected chi connectivity index (χ4v) is 4.31. The number of H-pyrrole nitrogens is 1. The standard InChI is InChI=1S/C21H29N3O4/c1-27-19-5-2-4-17-16(19)14-18(22-17)20(25)24-8-3-6-21(26,7-9-24)15-23-10-12-28-13-11-23/h2,4-5,14,22,26H,3,6-13,15H2,1H3/t21-/m1/s1. The van der Waals surface area contributed by atoms with Crippen LogP contribution in [-0.2, 0) is 4.74 Å². The summed E-state index contributed by atoms with van der Waals surface area (Å²) in [6.45, 7) is 5.06. The molecule has 1 aromatic carbocycles. The number of rotatable bonds is 4. The largest absolute Gasteiger partial charge is 0.496 e. The van der Waals surface area contributed by atoms with E-state index in [2.05, 4.69) is 9.88 Å². The lowest BCUT2D eigenvalue weighted by Crippen LogP contribution is -2.48. The van der Waals surface area contributed by atoms with Crippen molar-refractivity contribution in [1.82, 2.24) is 14.8 Å². The molecule has 1 atom stereocenters. The highest BCUT2D eigenvalue weighted by molar-refractivity contribution is 5.99. The number of likely N-dealkylation sites (tertiary alicyclic amines) is 1. The second kappa shape index (κ2) is 8.11. The van der Waals surface area contributed by atoms with Gasteiger partial charge in [0.25, 0.3) is 5.91 Å². The van der Waals surface area contributed by atoms with Crippen molar-refractivity contribution in [3.05, 3.63) is 30.0 Å². The molecule has 1 aromatic heterocycles. The summed E-state index contributed by atoms with van der Waals surface area (Å²) in [4.78, 5) is 20.4. The van der Waals surface area contributed by atoms with Gasteiger partial charge in [0.2, 0.25) is 0 Å².